The summed E-state index contributed by atoms with van der Waals surface area (Å²) in [6.45, 7) is 0. The van der Waals surface area contributed by atoms with Crippen molar-refractivity contribution in [2.45, 2.75) is 12.0 Å². The van der Waals surface area contributed by atoms with Gasteiger partial charge < -0.3 is 14.1 Å². The predicted octanol–water partition coefficient (Wildman–Crippen LogP) is 5.77. The molecule has 0 spiro atoms. The van der Waals surface area contributed by atoms with Gasteiger partial charge in [-0.15, -0.1) is 0 Å². The van der Waals surface area contributed by atoms with Gasteiger partial charge in [0.15, 0.2) is 0 Å². The molecule has 28 heavy (non-hydrogen) atoms. The van der Waals surface area contributed by atoms with Gasteiger partial charge in [-0.3, -0.25) is 0 Å². The Morgan fingerprint density at radius 2 is 1.50 bits per heavy atom. The van der Waals surface area contributed by atoms with Crippen LogP contribution in [0.4, 0.5) is 13.2 Å². The minimum Gasteiger partial charge on any atom is -0.418 e. The van der Waals surface area contributed by atoms with Crippen molar-refractivity contribution in [3.63, 3.8) is 0 Å². The fraction of sp³-hybridized carbons (Fsp3) is 0.111. The number of aromatic nitrogens is 1. The summed E-state index contributed by atoms with van der Waals surface area (Å²) in [7, 11) is 0. The molecular weight excluding hydrogens is 420 g/mol. The quantitative estimate of drug-likeness (QED) is 0.531. The Balaban J connectivity index is 1.82. The second-order valence-corrected chi connectivity index (χ2v) is 6.56. The largest absolute Gasteiger partial charge is 0.475 e. The van der Waals surface area contributed by atoms with Crippen LogP contribution in [0.1, 0.15) is 11.1 Å². The Morgan fingerprint density at radius 3 is 2.11 bits per heavy atom. The number of hydrogen-bond acceptors (Lipinski definition) is 5. The molecule has 1 aliphatic rings. The highest BCUT2D eigenvalue weighted by atomic mass is 35.5. The maximum absolute atomic E-state index is 14.1. The van der Waals surface area contributed by atoms with Gasteiger partial charge in [-0.25, -0.2) is 0 Å². The van der Waals surface area contributed by atoms with E-state index in [0.717, 1.165) is 6.26 Å². The van der Waals surface area contributed by atoms with Crippen LogP contribution in [0.15, 0.2) is 64.5 Å². The summed E-state index contributed by atoms with van der Waals surface area (Å²) >= 11 is 12.1. The number of alkyl halides is 3. The zero-order valence-corrected chi connectivity index (χ0v) is 15.2. The molecule has 4 rings (SSSR count). The average Bonchev–Trinajstić information content (AvgIpc) is 3.30. The third-order valence-electron chi connectivity index (χ3n) is 4.03. The molecule has 5 nitrogen and oxygen atoms in total. The van der Waals surface area contributed by atoms with Crippen molar-refractivity contribution >= 4 is 29.1 Å². The Morgan fingerprint density at radius 1 is 0.893 bits per heavy atom. The summed E-state index contributed by atoms with van der Waals surface area (Å²) in [6.07, 6.45) is -4.24. The fourth-order valence-electron chi connectivity index (χ4n) is 2.70. The Bertz CT molecular complexity index is 1070. The highest BCUT2D eigenvalue weighted by Crippen LogP contribution is 2.50. The third kappa shape index (κ3) is 2.89. The van der Waals surface area contributed by atoms with Gasteiger partial charge in [-0.1, -0.05) is 58.7 Å². The third-order valence-corrected chi connectivity index (χ3v) is 4.69. The van der Waals surface area contributed by atoms with Gasteiger partial charge in [-0.2, -0.15) is 13.2 Å². The van der Waals surface area contributed by atoms with Crippen LogP contribution in [0.2, 0.25) is 10.0 Å². The second-order valence-electron chi connectivity index (χ2n) is 5.74. The smallest absolute Gasteiger partial charge is 0.418 e. The normalized spacial score (nSPS) is 19.1. The number of hydrogen-bond donors (Lipinski definition) is 0. The number of ether oxygens (including phenoxy) is 1. The Hall–Kier alpha value is -2.71. The molecule has 1 atom stereocenters. The van der Waals surface area contributed by atoms with Crippen molar-refractivity contribution < 1.29 is 27.3 Å². The summed E-state index contributed by atoms with van der Waals surface area (Å²) in [5.41, 5.74) is -0.349. The van der Waals surface area contributed by atoms with Crippen molar-refractivity contribution in [1.29, 1.82) is 0 Å². The van der Waals surface area contributed by atoms with E-state index in [1.165, 1.54) is 24.3 Å². The van der Waals surface area contributed by atoms with E-state index < -0.39 is 23.4 Å². The molecule has 1 aliphatic heterocycles. The van der Waals surface area contributed by atoms with Crippen LogP contribution in [0.25, 0.3) is 11.3 Å². The Kier molecular flexibility index (Phi) is 4.47. The van der Waals surface area contributed by atoms with Gasteiger partial charge in [0.2, 0.25) is 0 Å². The highest BCUT2D eigenvalue weighted by Gasteiger charge is 2.67. The van der Waals surface area contributed by atoms with Crippen molar-refractivity contribution in [2.75, 3.05) is 0 Å². The molecule has 0 fully saturated rings. The van der Waals surface area contributed by atoms with Crippen LogP contribution >= 0.6 is 23.2 Å². The lowest BCUT2D eigenvalue weighted by Gasteiger charge is -2.27. The van der Waals surface area contributed by atoms with Crippen molar-refractivity contribution in [1.82, 2.24) is 5.16 Å². The summed E-state index contributed by atoms with van der Waals surface area (Å²) < 4.78 is 52.3. The van der Waals surface area contributed by atoms with E-state index in [4.69, 9.17) is 37.3 Å². The number of benzene rings is 2. The number of rotatable bonds is 3. The van der Waals surface area contributed by atoms with Crippen molar-refractivity contribution in [3.05, 3.63) is 76.0 Å². The van der Waals surface area contributed by atoms with Gasteiger partial charge in [0.05, 0.1) is 15.6 Å². The summed E-state index contributed by atoms with van der Waals surface area (Å²) in [6, 6.07) is 12.4. The van der Waals surface area contributed by atoms with Crippen LogP contribution in [0, 0.1) is 0 Å². The molecule has 0 N–H and O–H groups in total. The van der Waals surface area contributed by atoms with Gasteiger partial charge in [0, 0.05) is 5.56 Å². The molecule has 10 heteroatoms. The zero-order valence-electron chi connectivity index (χ0n) is 13.7. The maximum Gasteiger partial charge on any atom is 0.475 e. The summed E-state index contributed by atoms with van der Waals surface area (Å²) in [5.74, 6) is -3.69. The first kappa shape index (κ1) is 18.6. The van der Waals surface area contributed by atoms with Crippen molar-refractivity contribution in [3.8, 4) is 11.3 Å². The van der Waals surface area contributed by atoms with Crippen LogP contribution < -0.4 is 0 Å². The van der Waals surface area contributed by atoms with E-state index in [-0.39, 0.29) is 26.9 Å². The maximum atomic E-state index is 14.1. The van der Waals surface area contributed by atoms with E-state index in [0.29, 0.717) is 0 Å². The molecule has 1 aromatic heterocycles. The number of nitrogens with zero attached hydrogens (tertiary/aromatic N) is 2. The standard InChI is InChI=1S/C18H9Cl2F3N2O3/c19-13-7-3-1-5-10(13)15-12(9-26-24-15)17(18(21,22)23)27-16(25-28-17)11-6-2-4-8-14(11)20/h1-9H. The lowest BCUT2D eigenvalue weighted by Crippen LogP contribution is -2.44. The van der Waals surface area contributed by atoms with E-state index in [1.807, 2.05) is 0 Å². The van der Waals surface area contributed by atoms with Gasteiger partial charge >= 0.3 is 12.0 Å². The lowest BCUT2D eigenvalue weighted by molar-refractivity contribution is -0.352. The monoisotopic (exact) mass is 428 g/mol. The lowest BCUT2D eigenvalue weighted by atomic mass is 10.0. The molecule has 3 aromatic rings. The van der Waals surface area contributed by atoms with E-state index in [2.05, 4.69) is 10.3 Å². The van der Waals surface area contributed by atoms with E-state index >= 15 is 0 Å². The predicted molar refractivity (Wildman–Crippen MR) is 94.8 cm³/mol. The van der Waals surface area contributed by atoms with Gasteiger partial charge in [0.1, 0.15) is 17.5 Å². The first-order valence-corrected chi connectivity index (χ1v) is 8.55. The van der Waals surface area contributed by atoms with Crippen molar-refractivity contribution in [2.24, 2.45) is 5.16 Å². The molecule has 2 aromatic carbocycles. The molecule has 0 bridgehead atoms. The zero-order chi connectivity index (χ0) is 19.9. The molecule has 0 saturated heterocycles. The van der Waals surface area contributed by atoms with E-state index in [1.54, 1.807) is 24.3 Å². The molecule has 144 valence electrons. The fourth-order valence-corrected chi connectivity index (χ4v) is 3.14. The minimum absolute atomic E-state index is 0.144. The van der Waals surface area contributed by atoms with Crippen LogP contribution in [-0.2, 0) is 15.4 Å². The summed E-state index contributed by atoms with van der Waals surface area (Å²) in [4.78, 5) is 4.81. The number of halogens is 5. The average molecular weight is 429 g/mol. The van der Waals surface area contributed by atoms with Crippen LogP contribution in [0.5, 0.6) is 0 Å². The molecular formula is C18H9Cl2F3N2O3. The van der Waals surface area contributed by atoms with Crippen LogP contribution in [-0.4, -0.2) is 17.2 Å². The molecule has 0 saturated carbocycles. The Labute approximate surface area is 166 Å². The topological polar surface area (TPSA) is 56.9 Å². The highest BCUT2D eigenvalue weighted by molar-refractivity contribution is 6.34. The number of oxime groups is 1. The second kappa shape index (κ2) is 6.72. The molecule has 0 amide bonds. The van der Waals surface area contributed by atoms with Crippen LogP contribution in [0.3, 0.4) is 0 Å². The first-order valence-electron chi connectivity index (χ1n) is 7.80. The van der Waals surface area contributed by atoms with Gasteiger partial charge in [-0.05, 0) is 23.4 Å². The molecule has 2 heterocycles. The van der Waals surface area contributed by atoms with Gasteiger partial charge in [0.25, 0.3) is 5.90 Å². The molecule has 0 aliphatic carbocycles. The molecule has 0 radical (unpaired) electrons. The van der Waals surface area contributed by atoms with E-state index in [9.17, 15) is 13.2 Å². The summed E-state index contributed by atoms with van der Waals surface area (Å²) in [5, 5.41) is 7.49. The minimum atomic E-state index is -5.03. The SMILES string of the molecule is FC(F)(F)C1(c2conc2-c2ccccc2Cl)ON=C(c2ccccc2Cl)O1. The first-order chi connectivity index (χ1) is 13.3. The molecule has 1 unspecified atom stereocenters.